The van der Waals surface area contributed by atoms with Gasteiger partial charge in [-0.2, -0.15) is 0 Å². The highest BCUT2D eigenvalue weighted by atomic mass is 35.5. The maximum absolute atomic E-state index is 11.2. The summed E-state index contributed by atoms with van der Waals surface area (Å²) in [7, 11) is 0. The van der Waals surface area contributed by atoms with Crippen LogP contribution in [0.25, 0.3) is 17.0 Å². The second-order valence-corrected chi connectivity index (χ2v) is 3.96. The van der Waals surface area contributed by atoms with Gasteiger partial charge in [-0.1, -0.05) is 17.7 Å². The van der Waals surface area contributed by atoms with Crippen LogP contribution in [0.15, 0.2) is 30.5 Å². The Bertz CT molecular complexity index is 572. The number of hydrogen-bond donors (Lipinski definition) is 1. The lowest BCUT2D eigenvalue weighted by Gasteiger charge is -1.95. The zero-order valence-corrected chi connectivity index (χ0v) is 10.1. The Morgan fingerprint density at radius 3 is 3.12 bits per heavy atom. The van der Waals surface area contributed by atoms with Crippen molar-refractivity contribution in [2.75, 3.05) is 6.61 Å². The number of halogens is 1. The lowest BCUT2D eigenvalue weighted by atomic mass is 10.1. The minimum Gasteiger partial charge on any atom is -0.463 e. The van der Waals surface area contributed by atoms with Crippen molar-refractivity contribution in [2.45, 2.75) is 6.92 Å². The van der Waals surface area contributed by atoms with Gasteiger partial charge in [0.25, 0.3) is 0 Å². The second kappa shape index (κ2) is 5.06. The SMILES string of the molecule is CCOC(=O)C=Cc1c[nH]c2cc(Cl)ccc12. The van der Waals surface area contributed by atoms with Gasteiger partial charge in [-0.3, -0.25) is 0 Å². The molecule has 0 aliphatic rings. The van der Waals surface area contributed by atoms with Crippen LogP contribution in [0.4, 0.5) is 0 Å². The molecule has 1 N–H and O–H groups in total. The predicted octanol–water partition coefficient (Wildman–Crippen LogP) is 3.40. The number of carbonyl (C=O) groups excluding carboxylic acids is 1. The van der Waals surface area contributed by atoms with Crippen molar-refractivity contribution in [3.63, 3.8) is 0 Å². The number of fused-ring (bicyclic) bond motifs is 1. The van der Waals surface area contributed by atoms with E-state index >= 15 is 0 Å². The van der Waals surface area contributed by atoms with Crippen molar-refractivity contribution in [2.24, 2.45) is 0 Å². The van der Waals surface area contributed by atoms with Gasteiger partial charge >= 0.3 is 5.97 Å². The van der Waals surface area contributed by atoms with Gasteiger partial charge in [0.2, 0.25) is 0 Å². The summed E-state index contributed by atoms with van der Waals surface area (Å²) in [5.74, 6) is -0.337. The number of nitrogens with one attached hydrogen (secondary N) is 1. The van der Waals surface area contributed by atoms with Crippen LogP contribution in [-0.2, 0) is 9.53 Å². The number of ether oxygens (including phenoxy) is 1. The number of rotatable bonds is 3. The molecule has 4 heteroatoms. The number of carbonyl (C=O) groups is 1. The number of aromatic amines is 1. The van der Waals surface area contributed by atoms with Crippen LogP contribution in [0.5, 0.6) is 0 Å². The smallest absolute Gasteiger partial charge is 0.330 e. The Morgan fingerprint density at radius 1 is 1.53 bits per heavy atom. The summed E-state index contributed by atoms with van der Waals surface area (Å²) >= 11 is 5.88. The van der Waals surface area contributed by atoms with Crippen molar-refractivity contribution in [1.29, 1.82) is 0 Å². The molecule has 17 heavy (non-hydrogen) atoms. The molecule has 0 saturated heterocycles. The molecule has 0 spiro atoms. The lowest BCUT2D eigenvalue weighted by molar-refractivity contribution is -0.137. The van der Waals surface area contributed by atoms with Crippen LogP contribution >= 0.6 is 11.6 Å². The summed E-state index contributed by atoms with van der Waals surface area (Å²) in [6.45, 7) is 2.16. The maximum Gasteiger partial charge on any atom is 0.330 e. The molecular weight excluding hydrogens is 238 g/mol. The third kappa shape index (κ3) is 2.68. The average molecular weight is 250 g/mol. The van der Waals surface area contributed by atoms with E-state index in [9.17, 15) is 4.79 Å². The highest BCUT2D eigenvalue weighted by Gasteiger charge is 2.02. The molecule has 0 saturated carbocycles. The molecule has 0 fully saturated rings. The Hall–Kier alpha value is -1.74. The number of hydrogen-bond acceptors (Lipinski definition) is 2. The van der Waals surface area contributed by atoms with E-state index in [1.54, 1.807) is 13.0 Å². The summed E-state index contributed by atoms with van der Waals surface area (Å²) in [5.41, 5.74) is 1.88. The molecule has 2 aromatic rings. The number of H-pyrrole nitrogens is 1. The summed E-state index contributed by atoms with van der Waals surface area (Å²) < 4.78 is 4.81. The fourth-order valence-electron chi connectivity index (χ4n) is 1.61. The van der Waals surface area contributed by atoms with E-state index in [0.29, 0.717) is 11.6 Å². The van der Waals surface area contributed by atoms with Crippen molar-refractivity contribution in [1.82, 2.24) is 4.98 Å². The molecule has 0 radical (unpaired) electrons. The first kappa shape index (κ1) is 11.7. The van der Waals surface area contributed by atoms with Gasteiger partial charge in [0.05, 0.1) is 6.61 Å². The summed E-state index contributed by atoms with van der Waals surface area (Å²) in [5, 5.41) is 1.70. The van der Waals surface area contributed by atoms with E-state index in [1.165, 1.54) is 6.08 Å². The van der Waals surface area contributed by atoms with Crippen LogP contribution in [0, 0.1) is 0 Å². The number of aromatic nitrogens is 1. The first-order valence-electron chi connectivity index (χ1n) is 5.32. The van der Waals surface area contributed by atoms with Gasteiger partial charge in [-0.15, -0.1) is 0 Å². The van der Waals surface area contributed by atoms with Crippen LogP contribution < -0.4 is 0 Å². The van der Waals surface area contributed by atoms with Gasteiger partial charge < -0.3 is 9.72 Å². The van der Waals surface area contributed by atoms with Crippen LogP contribution in [-0.4, -0.2) is 17.6 Å². The van der Waals surface area contributed by atoms with Crippen LogP contribution in [0.2, 0.25) is 5.02 Å². The molecular formula is C13H12ClNO2. The van der Waals surface area contributed by atoms with E-state index in [1.807, 2.05) is 24.4 Å². The molecule has 0 bridgehead atoms. The van der Waals surface area contributed by atoms with E-state index in [-0.39, 0.29) is 5.97 Å². The Balaban J connectivity index is 2.28. The minimum absolute atomic E-state index is 0.337. The standard InChI is InChI=1S/C13H12ClNO2/c1-2-17-13(16)6-3-9-8-15-12-7-10(14)4-5-11(9)12/h3-8,15H,2H2,1H3. The molecule has 0 aliphatic heterocycles. The third-order valence-electron chi connectivity index (χ3n) is 2.36. The molecule has 1 aromatic heterocycles. The van der Waals surface area contributed by atoms with Gasteiger partial charge in [0.15, 0.2) is 0 Å². The van der Waals surface area contributed by atoms with Crippen molar-refractivity contribution in [3.05, 3.63) is 41.1 Å². The predicted molar refractivity (Wildman–Crippen MR) is 69.0 cm³/mol. The fourth-order valence-corrected chi connectivity index (χ4v) is 1.78. The Kier molecular flexibility index (Phi) is 3.49. The second-order valence-electron chi connectivity index (χ2n) is 3.52. The number of benzene rings is 1. The number of esters is 1. The summed E-state index contributed by atoms with van der Waals surface area (Å²) in [6.07, 6.45) is 4.97. The van der Waals surface area contributed by atoms with Gasteiger partial charge in [-0.05, 0) is 25.1 Å². The first-order valence-corrected chi connectivity index (χ1v) is 5.70. The minimum atomic E-state index is -0.337. The monoisotopic (exact) mass is 249 g/mol. The molecule has 0 unspecified atom stereocenters. The summed E-state index contributed by atoms with van der Waals surface area (Å²) in [6, 6.07) is 5.58. The van der Waals surface area contributed by atoms with Crippen molar-refractivity contribution >= 4 is 34.5 Å². The van der Waals surface area contributed by atoms with Crippen LogP contribution in [0.3, 0.4) is 0 Å². The van der Waals surface area contributed by atoms with Crippen molar-refractivity contribution in [3.8, 4) is 0 Å². The molecule has 0 aliphatic carbocycles. The topological polar surface area (TPSA) is 42.1 Å². The van der Waals surface area contributed by atoms with Crippen molar-refractivity contribution < 1.29 is 9.53 Å². The molecule has 0 amide bonds. The van der Waals surface area contributed by atoms with Gasteiger partial charge in [-0.25, -0.2) is 4.79 Å². The highest BCUT2D eigenvalue weighted by Crippen LogP contribution is 2.22. The summed E-state index contributed by atoms with van der Waals surface area (Å²) in [4.78, 5) is 14.3. The molecule has 1 heterocycles. The zero-order valence-electron chi connectivity index (χ0n) is 9.37. The lowest BCUT2D eigenvalue weighted by Crippen LogP contribution is -1.98. The Labute approximate surface area is 104 Å². The molecule has 2 rings (SSSR count). The molecule has 88 valence electrons. The molecule has 3 nitrogen and oxygen atoms in total. The van der Waals surface area contributed by atoms with Crippen LogP contribution in [0.1, 0.15) is 12.5 Å². The zero-order chi connectivity index (χ0) is 12.3. The molecule has 1 aromatic carbocycles. The normalized spacial score (nSPS) is 11.2. The van der Waals surface area contributed by atoms with Gasteiger partial charge in [0.1, 0.15) is 0 Å². The van der Waals surface area contributed by atoms with Gasteiger partial charge in [0, 0.05) is 33.8 Å². The van der Waals surface area contributed by atoms with E-state index < -0.39 is 0 Å². The Morgan fingerprint density at radius 2 is 2.35 bits per heavy atom. The average Bonchev–Trinajstić information content (AvgIpc) is 2.69. The first-order chi connectivity index (χ1) is 8.20. The highest BCUT2D eigenvalue weighted by molar-refractivity contribution is 6.31. The fraction of sp³-hybridized carbons (Fsp3) is 0.154. The maximum atomic E-state index is 11.2. The van der Waals surface area contributed by atoms with E-state index in [4.69, 9.17) is 16.3 Å². The molecule has 0 atom stereocenters. The van der Waals surface area contributed by atoms with E-state index in [2.05, 4.69) is 4.98 Å². The largest absolute Gasteiger partial charge is 0.463 e. The third-order valence-corrected chi connectivity index (χ3v) is 2.60. The quantitative estimate of drug-likeness (QED) is 0.669. The van der Waals surface area contributed by atoms with E-state index in [0.717, 1.165) is 16.5 Å².